The van der Waals surface area contributed by atoms with Gasteiger partial charge in [0.1, 0.15) is 6.61 Å². The zero-order valence-electron chi connectivity index (χ0n) is 18.7. The number of methoxy groups -OCH3 is 1. The van der Waals surface area contributed by atoms with Crippen molar-refractivity contribution in [1.29, 1.82) is 0 Å². The average Bonchev–Trinajstić information content (AvgIpc) is 2.84. The first-order chi connectivity index (χ1) is 15.6. The largest absolute Gasteiger partial charge is 0.493 e. The third kappa shape index (κ3) is 6.49. The van der Waals surface area contributed by atoms with Gasteiger partial charge in [0.05, 0.1) is 13.2 Å². The first-order valence-electron chi connectivity index (χ1n) is 10.7. The Morgan fingerprint density at radius 1 is 0.969 bits per heavy atom. The molecule has 3 aromatic carbocycles. The van der Waals surface area contributed by atoms with Gasteiger partial charge in [-0.15, -0.1) is 0 Å². The fraction of sp³-hybridized carbons (Fsp3) is 0.269. The van der Waals surface area contributed by atoms with Gasteiger partial charge in [0.2, 0.25) is 0 Å². The summed E-state index contributed by atoms with van der Waals surface area (Å²) in [5.41, 5.74) is 8.84. The van der Waals surface area contributed by atoms with Crippen LogP contribution < -0.4 is 20.5 Å². The standard InChI is InChI=1S/C26H31N3O3/c1-20(23-11-7-4-8-12-23)28-26(30)29(16-15-27)18-22-13-14-24(25(17-22)31-2)32-19-21-9-5-3-6-10-21/h3-14,17,20H,15-16,18-19,27H2,1-2H3,(H,28,30). The zero-order valence-corrected chi connectivity index (χ0v) is 18.7. The number of carbonyl (C=O) groups is 1. The maximum atomic E-state index is 12.9. The summed E-state index contributed by atoms with van der Waals surface area (Å²) in [7, 11) is 1.61. The van der Waals surface area contributed by atoms with Gasteiger partial charge < -0.3 is 25.4 Å². The monoisotopic (exact) mass is 433 g/mol. The second-order valence-electron chi connectivity index (χ2n) is 7.55. The molecule has 3 N–H and O–H groups in total. The summed E-state index contributed by atoms with van der Waals surface area (Å²) in [6.07, 6.45) is 0. The lowest BCUT2D eigenvalue weighted by molar-refractivity contribution is 0.193. The molecule has 168 valence electrons. The lowest BCUT2D eigenvalue weighted by Gasteiger charge is -2.25. The molecule has 1 atom stereocenters. The number of hydrogen-bond donors (Lipinski definition) is 2. The molecular formula is C26H31N3O3. The molecule has 0 bridgehead atoms. The van der Waals surface area contributed by atoms with Gasteiger partial charge in [-0.25, -0.2) is 4.79 Å². The van der Waals surface area contributed by atoms with Crippen molar-refractivity contribution in [3.8, 4) is 11.5 Å². The van der Waals surface area contributed by atoms with Crippen LogP contribution in [0.25, 0.3) is 0 Å². The molecule has 0 heterocycles. The van der Waals surface area contributed by atoms with E-state index in [4.69, 9.17) is 15.2 Å². The Hall–Kier alpha value is -3.51. The van der Waals surface area contributed by atoms with Gasteiger partial charge in [-0.05, 0) is 35.7 Å². The maximum Gasteiger partial charge on any atom is 0.318 e. The lowest BCUT2D eigenvalue weighted by Crippen LogP contribution is -2.42. The highest BCUT2D eigenvalue weighted by Crippen LogP contribution is 2.29. The number of ether oxygens (including phenoxy) is 2. The summed E-state index contributed by atoms with van der Waals surface area (Å²) in [5.74, 6) is 1.29. The van der Waals surface area contributed by atoms with Crippen LogP contribution in [0, 0.1) is 0 Å². The SMILES string of the molecule is COc1cc(CN(CCN)C(=O)NC(C)c2ccccc2)ccc1OCc1ccccc1. The van der Waals surface area contributed by atoms with Crippen LogP contribution in [0.1, 0.15) is 29.7 Å². The lowest BCUT2D eigenvalue weighted by atomic mass is 10.1. The minimum Gasteiger partial charge on any atom is -0.493 e. The molecule has 0 radical (unpaired) electrons. The van der Waals surface area contributed by atoms with Crippen LogP contribution in [0.3, 0.4) is 0 Å². The van der Waals surface area contributed by atoms with E-state index in [0.29, 0.717) is 37.7 Å². The number of nitrogens with one attached hydrogen (secondary N) is 1. The van der Waals surface area contributed by atoms with Crippen LogP contribution >= 0.6 is 0 Å². The highest BCUT2D eigenvalue weighted by Gasteiger charge is 2.17. The Kier molecular flexibility index (Phi) is 8.52. The molecule has 0 aliphatic rings. The average molecular weight is 434 g/mol. The van der Waals surface area contributed by atoms with Crippen LogP contribution in [0.15, 0.2) is 78.9 Å². The second-order valence-corrected chi connectivity index (χ2v) is 7.55. The van der Waals surface area contributed by atoms with E-state index in [1.165, 1.54) is 0 Å². The summed E-state index contributed by atoms with van der Waals surface area (Å²) < 4.78 is 11.5. The van der Waals surface area contributed by atoms with Gasteiger partial charge in [-0.3, -0.25) is 0 Å². The molecule has 0 aliphatic heterocycles. The van der Waals surface area contributed by atoms with E-state index < -0.39 is 0 Å². The summed E-state index contributed by atoms with van der Waals surface area (Å²) in [6.45, 7) is 3.66. The Labute approximate surface area is 190 Å². The van der Waals surface area contributed by atoms with Crippen molar-refractivity contribution in [2.75, 3.05) is 20.2 Å². The van der Waals surface area contributed by atoms with Gasteiger partial charge in [0.25, 0.3) is 0 Å². The Bertz CT molecular complexity index is 980. The van der Waals surface area contributed by atoms with Crippen LogP contribution in [-0.2, 0) is 13.2 Å². The number of amides is 2. The van der Waals surface area contributed by atoms with Gasteiger partial charge >= 0.3 is 6.03 Å². The topological polar surface area (TPSA) is 76.8 Å². The first-order valence-corrected chi connectivity index (χ1v) is 10.7. The minimum absolute atomic E-state index is 0.104. The molecule has 6 heteroatoms. The van der Waals surface area contributed by atoms with Crippen LogP contribution in [0.5, 0.6) is 11.5 Å². The van der Waals surface area contributed by atoms with Crippen LogP contribution in [0.4, 0.5) is 4.79 Å². The molecule has 0 saturated heterocycles. The Morgan fingerprint density at radius 3 is 2.31 bits per heavy atom. The quantitative estimate of drug-likeness (QED) is 0.493. The van der Waals surface area contributed by atoms with Gasteiger partial charge in [0.15, 0.2) is 11.5 Å². The predicted octanol–water partition coefficient (Wildman–Crippen LogP) is 4.51. The van der Waals surface area contributed by atoms with Crippen molar-refractivity contribution in [2.45, 2.75) is 26.1 Å². The van der Waals surface area contributed by atoms with E-state index in [-0.39, 0.29) is 12.1 Å². The summed E-state index contributed by atoms with van der Waals surface area (Å²) in [4.78, 5) is 14.6. The van der Waals surface area contributed by atoms with E-state index >= 15 is 0 Å². The van der Waals surface area contributed by atoms with Crippen LogP contribution in [-0.4, -0.2) is 31.1 Å². The van der Waals surface area contributed by atoms with Crippen molar-refractivity contribution in [3.63, 3.8) is 0 Å². The zero-order chi connectivity index (χ0) is 22.8. The molecule has 2 amide bonds. The number of benzene rings is 3. The Morgan fingerprint density at radius 2 is 1.66 bits per heavy atom. The molecule has 0 fully saturated rings. The highest BCUT2D eigenvalue weighted by molar-refractivity contribution is 5.74. The number of urea groups is 1. The van der Waals surface area contributed by atoms with Crippen molar-refractivity contribution >= 4 is 6.03 Å². The van der Waals surface area contributed by atoms with Gasteiger partial charge in [-0.1, -0.05) is 66.7 Å². The first kappa shape index (κ1) is 23.2. The molecule has 1 unspecified atom stereocenters. The molecular weight excluding hydrogens is 402 g/mol. The predicted molar refractivity (Wildman–Crippen MR) is 127 cm³/mol. The van der Waals surface area contributed by atoms with Crippen molar-refractivity contribution in [3.05, 3.63) is 95.6 Å². The van der Waals surface area contributed by atoms with Crippen molar-refractivity contribution in [1.82, 2.24) is 10.2 Å². The summed E-state index contributed by atoms with van der Waals surface area (Å²) in [5, 5.41) is 3.06. The van der Waals surface area contributed by atoms with E-state index in [1.54, 1.807) is 12.0 Å². The number of nitrogens with zero attached hydrogens (tertiary/aromatic N) is 1. The molecule has 0 aliphatic carbocycles. The second kappa shape index (κ2) is 11.8. The summed E-state index contributed by atoms with van der Waals surface area (Å²) >= 11 is 0. The van der Waals surface area contributed by atoms with Crippen molar-refractivity contribution in [2.24, 2.45) is 5.73 Å². The number of hydrogen-bond acceptors (Lipinski definition) is 4. The van der Waals surface area contributed by atoms with E-state index in [1.807, 2.05) is 85.8 Å². The van der Waals surface area contributed by atoms with Crippen LogP contribution in [0.2, 0.25) is 0 Å². The molecule has 0 saturated carbocycles. The molecule has 3 aromatic rings. The smallest absolute Gasteiger partial charge is 0.318 e. The fourth-order valence-corrected chi connectivity index (χ4v) is 3.40. The summed E-state index contributed by atoms with van der Waals surface area (Å²) in [6, 6.07) is 25.3. The van der Waals surface area contributed by atoms with E-state index in [9.17, 15) is 4.79 Å². The molecule has 0 spiro atoms. The minimum atomic E-state index is -0.157. The molecule has 32 heavy (non-hydrogen) atoms. The fourth-order valence-electron chi connectivity index (χ4n) is 3.40. The normalized spacial score (nSPS) is 11.5. The third-order valence-electron chi connectivity index (χ3n) is 5.16. The van der Waals surface area contributed by atoms with Gasteiger partial charge in [-0.2, -0.15) is 0 Å². The molecule has 3 rings (SSSR count). The molecule has 6 nitrogen and oxygen atoms in total. The van der Waals surface area contributed by atoms with Gasteiger partial charge in [0, 0.05) is 19.6 Å². The Balaban J connectivity index is 1.66. The third-order valence-corrected chi connectivity index (χ3v) is 5.16. The van der Waals surface area contributed by atoms with E-state index in [0.717, 1.165) is 16.7 Å². The van der Waals surface area contributed by atoms with Crippen molar-refractivity contribution < 1.29 is 14.3 Å². The van der Waals surface area contributed by atoms with E-state index in [2.05, 4.69) is 5.32 Å². The maximum absolute atomic E-state index is 12.9. The number of nitrogens with two attached hydrogens (primary N) is 1. The number of carbonyl (C=O) groups excluding carboxylic acids is 1. The number of rotatable bonds is 10. The highest BCUT2D eigenvalue weighted by atomic mass is 16.5. The molecule has 0 aromatic heterocycles.